The van der Waals surface area contributed by atoms with Crippen molar-refractivity contribution in [2.24, 2.45) is 0 Å². The van der Waals surface area contributed by atoms with Gasteiger partial charge >= 0.3 is 12.3 Å². The average molecular weight is 562 g/mol. The number of benzene rings is 4. The van der Waals surface area contributed by atoms with Crippen LogP contribution in [0, 0.1) is 6.92 Å². The van der Waals surface area contributed by atoms with E-state index in [-0.39, 0.29) is 18.0 Å². The number of fused-ring (bicyclic) bond motifs is 2. The van der Waals surface area contributed by atoms with Crippen LogP contribution in [0.25, 0.3) is 10.8 Å². The lowest BCUT2D eigenvalue weighted by molar-refractivity contribution is -0.138. The Morgan fingerprint density at radius 2 is 1.66 bits per heavy atom. The fourth-order valence-electron chi connectivity index (χ4n) is 5.55. The summed E-state index contributed by atoms with van der Waals surface area (Å²) in [6.45, 7) is 7.56. The number of carbonyl (C=O) groups excluding carboxylic acids is 1. The van der Waals surface area contributed by atoms with Gasteiger partial charge in [-0.2, -0.15) is 13.2 Å². The Balaban J connectivity index is 1.47. The SMILES string of the molecule is Cc1cc(C2CC(CN(Cc3cccc4ccccc34)C(=O)OC(C)(C)C)Oc3ccccc32)ccc1C(F)(F)F. The molecule has 2 atom stereocenters. The molecule has 0 saturated heterocycles. The number of para-hydroxylation sites is 1. The van der Waals surface area contributed by atoms with Crippen molar-refractivity contribution in [2.45, 2.75) is 64.5 Å². The normalized spacial score (nSPS) is 17.0. The molecular weight excluding hydrogens is 527 g/mol. The topological polar surface area (TPSA) is 38.8 Å². The van der Waals surface area contributed by atoms with Gasteiger partial charge in [-0.15, -0.1) is 0 Å². The van der Waals surface area contributed by atoms with E-state index in [0.29, 0.717) is 18.7 Å². The summed E-state index contributed by atoms with van der Waals surface area (Å²) in [7, 11) is 0. The van der Waals surface area contributed by atoms with Gasteiger partial charge in [-0.05, 0) is 73.7 Å². The molecule has 214 valence electrons. The van der Waals surface area contributed by atoms with E-state index in [1.54, 1.807) is 17.0 Å². The molecule has 2 unspecified atom stereocenters. The first-order valence-electron chi connectivity index (χ1n) is 13.8. The smallest absolute Gasteiger partial charge is 0.416 e. The highest BCUT2D eigenvalue weighted by Crippen LogP contribution is 2.42. The van der Waals surface area contributed by atoms with Crippen molar-refractivity contribution in [1.29, 1.82) is 0 Å². The van der Waals surface area contributed by atoms with Crippen molar-refractivity contribution in [3.8, 4) is 5.75 Å². The maximum absolute atomic E-state index is 13.5. The van der Waals surface area contributed by atoms with Gasteiger partial charge in [0.2, 0.25) is 0 Å². The van der Waals surface area contributed by atoms with Gasteiger partial charge < -0.3 is 14.4 Å². The van der Waals surface area contributed by atoms with Crippen LogP contribution >= 0.6 is 0 Å². The Morgan fingerprint density at radius 1 is 0.951 bits per heavy atom. The van der Waals surface area contributed by atoms with Gasteiger partial charge in [0, 0.05) is 18.0 Å². The van der Waals surface area contributed by atoms with E-state index < -0.39 is 29.5 Å². The van der Waals surface area contributed by atoms with Crippen LogP contribution in [-0.2, 0) is 17.5 Å². The van der Waals surface area contributed by atoms with Gasteiger partial charge in [0.1, 0.15) is 17.5 Å². The first-order valence-corrected chi connectivity index (χ1v) is 13.8. The zero-order valence-corrected chi connectivity index (χ0v) is 23.7. The molecule has 0 aromatic heterocycles. The minimum atomic E-state index is -4.41. The quantitative estimate of drug-likeness (QED) is 0.244. The van der Waals surface area contributed by atoms with Crippen LogP contribution in [0.15, 0.2) is 84.9 Å². The van der Waals surface area contributed by atoms with Crippen LogP contribution < -0.4 is 4.74 Å². The zero-order chi connectivity index (χ0) is 29.4. The zero-order valence-electron chi connectivity index (χ0n) is 23.7. The van der Waals surface area contributed by atoms with E-state index >= 15 is 0 Å². The molecule has 0 radical (unpaired) electrons. The van der Waals surface area contributed by atoms with Crippen molar-refractivity contribution < 1.29 is 27.4 Å². The number of ether oxygens (including phenoxy) is 2. The highest BCUT2D eigenvalue weighted by atomic mass is 19.4. The number of carbonyl (C=O) groups is 1. The monoisotopic (exact) mass is 561 g/mol. The van der Waals surface area contributed by atoms with Gasteiger partial charge in [-0.3, -0.25) is 0 Å². The second kappa shape index (κ2) is 11.1. The summed E-state index contributed by atoms with van der Waals surface area (Å²) in [5.41, 5.74) is 1.55. The Bertz CT molecular complexity index is 1550. The second-order valence-electron chi connectivity index (χ2n) is 11.6. The third kappa shape index (κ3) is 6.50. The second-order valence-corrected chi connectivity index (χ2v) is 11.6. The molecule has 0 fully saturated rings. The van der Waals surface area contributed by atoms with Crippen LogP contribution in [-0.4, -0.2) is 29.2 Å². The summed E-state index contributed by atoms with van der Waals surface area (Å²) in [4.78, 5) is 15.2. The molecule has 0 aliphatic carbocycles. The van der Waals surface area contributed by atoms with E-state index in [1.807, 2.05) is 87.5 Å². The summed E-state index contributed by atoms with van der Waals surface area (Å²) in [5.74, 6) is 0.476. The highest BCUT2D eigenvalue weighted by molar-refractivity contribution is 5.86. The molecule has 7 heteroatoms. The Morgan fingerprint density at radius 3 is 2.39 bits per heavy atom. The molecule has 4 aromatic carbocycles. The molecule has 0 saturated carbocycles. The van der Waals surface area contributed by atoms with Crippen LogP contribution in [0.4, 0.5) is 18.0 Å². The van der Waals surface area contributed by atoms with Gasteiger partial charge in [0.05, 0.1) is 12.1 Å². The fourth-order valence-corrected chi connectivity index (χ4v) is 5.55. The van der Waals surface area contributed by atoms with Crippen LogP contribution in [0.1, 0.15) is 60.9 Å². The number of halogens is 3. The number of nitrogens with zero attached hydrogens (tertiary/aromatic N) is 1. The first-order chi connectivity index (χ1) is 19.4. The summed E-state index contributed by atoms with van der Waals surface area (Å²) in [5, 5.41) is 2.13. The van der Waals surface area contributed by atoms with E-state index in [9.17, 15) is 18.0 Å². The van der Waals surface area contributed by atoms with Gasteiger partial charge in [-0.25, -0.2) is 4.79 Å². The Kier molecular flexibility index (Phi) is 7.73. The van der Waals surface area contributed by atoms with Crippen molar-refractivity contribution >= 4 is 16.9 Å². The summed E-state index contributed by atoms with van der Waals surface area (Å²) >= 11 is 0. The third-order valence-corrected chi connectivity index (χ3v) is 7.36. The van der Waals surface area contributed by atoms with Crippen molar-refractivity contribution in [2.75, 3.05) is 6.54 Å². The number of hydrogen-bond donors (Lipinski definition) is 0. The van der Waals surface area contributed by atoms with E-state index in [1.165, 1.54) is 6.92 Å². The van der Waals surface area contributed by atoms with E-state index in [0.717, 1.165) is 33.5 Å². The molecule has 41 heavy (non-hydrogen) atoms. The minimum absolute atomic E-state index is 0.182. The van der Waals surface area contributed by atoms with Crippen molar-refractivity contribution in [1.82, 2.24) is 4.90 Å². The van der Waals surface area contributed by atoms with Crippen LogP contribution in [0.5, 0.6) is 5.75 Å². The molecule has 4 nitrogen and oxygen atoms in total. The van der Waals surface area contributed by atoms with Gasteiger partial charge in [0.25, 0.3) is 0 Å². The fraction of sp³-hybridized carbons (Fsp3) is 0.324. The molecular formula is C34H34F3NO3. The maximum atomic E-state index is 13.5. The molecule has 0 spiro atoms. The van der Waals surface area contributed by atoms with Gasteiger partial charge in [0.15, 0.2) is 0 Å². The molecule has 0 N–H and O–H groups in total. The molecule has 0 bridgehead atoms. The van der Waals surface area contributed by atoms with Crippen molar-refractivity contribution in [3.63, 3.8) is 0 Å². The van der Waals surface area contributed by atoms with E-state index in [4.69, 9.17) is 9.47 Å². The Hall–Kier alpha value is -4.00. The lowest BCUT2D eigenvalue weighted by Crippen LogP contribution is -2.43. The maximum Gasteiger partial charge on any atom is 0.416 e. The Labute approximate surface area is 238 Å². The predicted molar refractivity (Wildman–Crippen MR) is 154 cm³/mol. The number of amides is 1. The van der Waals surface area contributed by atoms with Crippen molar-refractivity contribution in [3.05, 3.63) is 113 Å². The number of aryl methyl sites for hydroxylation is 1. The molecule has 1 aliphatic rings. The predicted octanol–water partition coefficient (Wildman–Crippen LogP) is 8.89. The van der Waals surface area contributed by atoms with Crippen LogP contribution in [0.3, 0.4) is 0 Å². The largest absolute Gasteiger partial charge is 0.488 e. The summed E-state index contributed by atoms with van der Waals surface area (Å²) in [6, 6.07) is 26.0. The molecule has 1 amide bonds. The third-order valence-electron chi connectivity index (χ3n) is 7.36. The summed E-state index contributed by atoms with van der Waals surface area (Å²) in [6.07, 6.45) is -4.76. The highest BCUT2D eigenvalue weighted by Gasteiger charge is 2.35. The lowest BCUT2D eigenvalue weighted by Gasteiger charge is -2.36. The number of hydrogen-bond acceptors (Lipinski definition) is 3. The molecule has 1 aliphatic heterocycles. The number of rotatable bonds is 5. The minimum Gasteiger partial charge on any atom is -0.488 e. The molecule has 1 heterocycles. The van der Waals surface area contributed by atoms with Gasteiger partial charge in [-0.1, -0.05) is 72.8 Å². The lowest BCUT2D eigenvalue weighted by atomic mass is 9.83. The number of alkyl halides is 3. The van der Waals surface area contributed by atoms with E-state index in [2.05, 4.69) is 0 Å². The first kappa shape index (κ1) is 28.5. The summed E-state index contributed by atoms with van der Waals surface area (Å²) < 4.78 is 52.6. The average Bonchev–Trinajstić information content (AvgIpc) is 2.90. The molecule has 4 aromatic rings. The molecule has 5 rings (SSSR count). The van der Waals surface area contributed by atoms with Crippen LogP contribution in [0.2, 0.25) is 0 Å². The standard InChI is InChI=1S/C34H34F3NO3/c1-22-18-24(16-17-30(22)34(35,36)37)29-19-26(40-31-15-8-7-14-28(29)31)21-38(32(39)41-33(2,3)4)20-25-12-9-11-23-10-5-6-13-27(23)25/h5-18,26,29H,19-21H2,1-4H3.